The van der Waals surface area contributed by atoms with Crippen LogP contribution < -0.4 is 0 Å². The van der Waals surface area contributed by atoms with E-state index in [2.05, 4.69) is 25.3 Å². The lowest BCUT2D eigenvalue weighted by molar-refractivity contribution is 0.429. The summed E-state index contributed by atoms with van der Waals surface area (Å²) in [4.78, 5) is 8.82. The van der Waals surface area contributed by atoms with Crippen molar-refractivity contribution < 1.29 is 0 Å². The Bertz CT molecular complexity index is 722. The SMILES string of the molecule is c1cn2ncc(-c3n[nH]c(C4CCCCC4)n3)c2cn1. The molecule has 0 saturated heterocycles. The predicted molar refractivity (Wildman–Crippen MR) is 74.2 cm³/mol. The highest BCUT2D eigenvalue weighted by molar-refractivity contribution is 5.74. The first-order chi connectivity index (χ1) is 9.92. The zero-order valence-corrected chi connectivity index (χ0v) is 11.2. The lowest BCUT2D eigenvalue weighted by atomic mass is 9.89. The van der Waals surface area contributed by atoms with Crippen molar-refractivity contribution in [2.24, 2.45) is 0 Å². The Morgan fingerprint density at radius 3 is 2.95 bits per heavy atom. The summed E-state index contributed by atoms with van der Waals surface area (Å²) < 4.78 is 1.79. The highest BCUT2D eigenvalue weighted by atomic mass is 15.2. The fourth-order valence-corrected chi connectivity index (χ4v) is 2.96. The van der Waals surface area contributed by atoms with Crippen molar-refractivity contribution in [3.05, 3.63) is 30.6 Å². The van der Waals surface area contributed by atoms with Crippen LogP contribution in [0.15, 0.2) is 24.8 Å². The molecule has 6 nitrogen and oxygen atoms in total. The molecule has 0 aliphatic heterocycles. The normalized spacial score (nSPS) is 16.8. The number of hydrogen-bond donors (Lipinski definition) is 1. The van der Waals surface area contributed by atoms with E-state index in [1.54, 1.807) is 23.1 Å². The van der Waals surface area contributed by atoms with Crippen molar-refractivity contribution in [1.29, 1.82) is 0 Å². The molecule has 20 heavy (non-hydrogen) atoms. The third kappa shape index (κ3) is 1.88. The predicted octanol–water partition coefficient (Wildman–Crippen LogP) is 2.56. The first-order valence-corrected chi connectivity index (χ1v) is 7.12. The minimum Gasteiger partial charge on any atom is -0.262 e. The second-order valence-electron chi connectivity index (χ2n) is 5.34. The summed E-state index contributed by atoms with van der Waals surface area (Å²) >= 11 is 0. The van der Waals surface area contributed by atoms with Gasteiger partial charge in [-0.2, -0.15) is 10.2 Å². The topological polar surface area (TPSA) is 71.8 Å². The average molecular weight is 268 g/mol. The van der Waals surface area contributed by atoms with Crippen molar-refractivity contribution in [2.45, 2.75) is 38.0 Å². The maximum absolute atomic E-state index is 4.68. The Morgan fingerprint density at radius 2 is 2.05 bits per heavy atom. The van der Waals surface area contributed by atoms with Gasteiger partial charge in [-0.1, -0.05) is 19.3 Å². The van der Waals surface area contributed by atoms with Crippen LogP contribution in [0.2, 0.25) is 0 Å². The third-order valence-corrected chi connectivity index (χ3v) is 4.06. The van der Waals surface area contributed by atoms with Crippen molar-refractivity contribution in [2.75, 3.05) is 0 Å². The molecule has 3 aromatic heterocycles. The van der Waals surface area contributed by atoms with Crippen LogP contribution in [0.4, 0.5) is 0 Å². The molecule has 1 aliphatic rings. The summed E-state index contributed by atoms with van der Waals surface area (Å²) in [6.07, 6.45) is 13.5. The smallest absolute Gasteiger partial charge is 0.185 e. The van der Waals surface area contributed by atoms with E-state index in [9.17, 15) is 0 Å². The van der Waals surface area contributed by atoms with Crippen LogP contribution in [-0.4, -0.2) is 29.8 Å². The van der Waals surface area contributed by atoms with Crippen molar-refractivity contribution >= 4 is 5.52 Å². The molecule has 1 aliphatic carbocycles. The third-order valence-electron chi connectivity index (χ3n) is 4.06. The van der Waals surface area contributed by atoms with Gasteiger partial charge in [0.15, 0.2) is 5.82 Å². The van der Waals surface area contributed by atoms with Crippen LogP contribution in [-0.2, 0) is 0 Å². The van der Waals surface area contributed by atoms with Crippen molar-refractivity contribution in [3.8, 4) is 11.4 Å². The van der Waals surface area contributed by atoms with Crippen molar-refractivity contribution in [3.63, 3.8) is 0 Å². The highest BCUT2D eigenvalue weighted by Crippen LogP contribution is 2.31. The molecule has 1 fully saturated rings. The number of H-pyrrole nitrogens is 1. The fraction of sp³-hybridized carbons (Fsp3) is 0.429. The molecule has 0 bridgehead atoms. The van der Waals surface area contributed by atoms with E-state index < -0.39 is 0 Å². The molecule has 0 aromatic carbocycles. The van der Waals surface area contributed by atoms with E-state index in [-0.39, 0.29) is 0 Å². The lowest BCUT2D eigenvalue weighted by Crippen LogP contribution is -2.06. The van der Waals surface area contributed by atoms with E-state index in [0.717, 1.165) is 16.9 Å². The van der Waals surface area contributed by atoms with Gasteiger partial charge in [0.05, 0.1) is 23.5 Å². The Kier molecular flexibility index (Phi) is 2.72. The van der Waals surface area contributed by atoms with Crippen LogP contribution in [0.3, 0.4) is 0 Å². The number of hydrogen-bond acceptors (Lipinski definition) is 4. The van der Waals surface area contributed by atoms with Gasteiger partial charge in [-0.3, -0.25) is 10.1 Å². The van der Waals surface area contributed by atoms with Crippen LogP contribution in [0, 0.1) is 0 Å². The van der Waals surface area contributed by atoms with Gasteiger partial charge in [-0.05, 0) is 12.8 Å². The molecule has 3 heterocycles. The second kappa shape index (κ2) is 4.70. The molecule has 4 rings (SSSR count). The molecular formula is C14H16N6. The maximum atomic E-state index is 4.68. The molecule has 0 atom stereocenters. The Labute approximate surface area is 116 Å². The number of rotatable bonds is 2. The first-order valence-electron chi connectivity index (χ1n) is 7.12. The highest BCUT2D eigenvalue weighted by Gasteiger charge is 2.20. The molecule has 102 valence electrons. The van der Waals surface area contributed by atoms with Gasteiger partial charge < -0.3 is 0 Å². The van der Waals surface area contributed by atoms with Gasteiger partial charge in [0.2, 0.25) is 0 Å². The summed E-state index contributed by atoms with van der Waals surface area (Å²) in [7, 11) is 0. The zero-order valence-electron chi connectivity index (χ0n) is 11.2. The number of aromatic amines is 1. The average Bonchev–Trinajstić information content (AvgIpc) is 3.14. The molecule has 6 heteroatoms. The Hall–Kier alpha value is -2.24. The molecule has 0 amide bonds. The number of nitrogens with one attached hydrogen (secondary N) is 1. The van der Waals surface area contributed by atoms with Gasteiger partial charge >= 0.3 is 0 Å². The summed E-state index contributed by atoms with van der Waals surface area (Å²) in [5.74, 6) is 2.27. The van der Waals surface area contributed by atoms with Gasteiger partial charge in [0.1, 0.15) is 5.82 Å². The fourth-order valence-electron chi connectivity index (χ4n) is 2.96. The van der Waals surface area contributed by atoms with Crippen LogP contribution in [0.25, 0.3) is 16.9 Å². The van der Waals surface area contributed by atoms with E-state index in [1.165, 1.54) is 32.1 Å². The van der Waals surface area contributed by atoms with Gasteiger partial charge in [-0.25, -0.2) is 9.50 Å². The maximum Gasteiger partial charge on any atom is 0.185 e. The Balaban J connectivity index is 1.70. The molecule has 0 radical (unpaired) electrons. The summed E-state index contributed by atoms with van der Waals surface area (Å²) in [6, 6.07) is 0. The zero-order chi connectivity index (χ0) is 13.4. The molecule has 0 unspecified atom stereocenters. The molecule has 0 spiro atoms. The standard InChI is InChI=1S/C14H16N6/c1-2-4-10(5-3-1)13-17-14(19-18-13)11-8-16-20-7-6-15-9-12(11)20/h6-10H,1-5H2,(H,17,18,19). The summed E-state index contributed by atoms with van der Waals surface area (Å²) in [6.45, 7) is 0. The van der Waals surface area contributed by atoms with E-state index in [0.29, 0.717) is 11.7 Å². The minimum atomic E-state index is 0.532. The summed E-state index contributed by atoms with van der Waals surface area (Å²) in [5.41, 5.74) is 1.86. The van der Waals surface area contributed by atoms with E-state index in [4.69, 9.17) is 0 Å². The van der Waals surface area contributed by atoms with Gasteiger partial charge in [0.25, 0.3) is 0 Å². The van der Waals surface area contributed by atoms with E-state index in [1.807, 2.05) is 6.20 Å². The summed E-state index contributed by atoms with van der Waals surface area (Å²) in [5, 5.41) is 11.8. The first kappa shape index (κ1) is 11.6. The molecular weight excluding hydrogens is 252 g/mol. The molecule has 3 aromatic rings. The quantitative estimate of drug-likeness (QED) is 0.775. The van der Waals surface area contributed by atoms with Crippen LogP contribution in [0.1, 0.15) is 43.8 Å². The van der Waals surface area contributed by atoms with Gasteiger partial charge in [0, 0.05) is 18.3 Å². The Morgan fingerprint density at radius 1 is 1.15 bits per heavy atom. The number of fused-ring (bicyclic) bond motifs is 1. The van der Waals surface area contributed by atoms with Crippen LogP contribution >= 0.6 is 0 Å². The molecule has 1 saturated carbocycles. The molecule has 1 N–H and O–H groups in total. The lowest BCUT2D eigenvalue weighted by Gasteiger charge is -2.18. The monoisotopic (exact) mass is 268 g/mol. The largest absolute Gasteiger partial charge is 0.262 e. The number of aromatic nitrogens is 6. The van der Waals surface area contributed by atoms with Gasteiger partial charge in [-0.15, -0.1) is 0 Å². The number of nitrogens with zero attached hydrogens (tertiary/aromatic N) is 5. The van der Waals surface area contributed by atoms with Crippen molar-refractivity contribution in [1.82, 2.24) is 29.8 Å². The second-order valence-corrected chi connectivity index (χ2v) is 5.34. The minimum absolute atomic E-state index is 0.532. The van der Waals surface area contributed by atoms with Crippen LogP contribution in [0.5, 0.6) is 0 Å². The van der Waals surface area contributed by atoms with E-state index >= 15 is 0 Å².